The molecular weight excluding hydrogens is 416 g/mol. The van der Waals surface area contributed by atoms with Crippen LogP contribution in [0.2, 0.25) is 0 Å². The van der Waals surface area contributed by atoms with Crippen molar-refractivity contribution in [2.75, 3.05) is 32.2 Å². The lowest BCUT2D eigenvalue weighted by Gasteiger charge is -2.16. The molecule has 0 spiro atoms. The Balaban J connectivity index is 1.40. The largest absolute Gasteiger partial charge is 0.493 e. The van der Waals surface area contributed by atoms with Crippen molar-refractivity contribution in [3.05, 3.63) is 41.9 Å². The monoisotopic (exact) mass is 442 g/mol. The third kappa shape index (κ3) is 4.86. The highest BCUT2D eigenvalue weighted by atomic mass is 16.6. The molecule has 1 saturated heterocycles. The molecule has 1 amide bonds. The number of aryl methyl sites for hydroxylation is 2. The van der Waals surface area contributed by atoms with Crippen molar-refractivity contribution in [2.24, 2.45) is 0 Å². The van der Waals surface area contributed by atoms with E-state index in [1.165, 1.54) is 0 Å². The van der Waals surface area contributed by atoms with Gasteiger partial charge in [-0.05, 0) is 38.1 Å². The van der Waals surface area contributed by atoms with Gasteiger partial charge in [0.25, 0.3) is 0 Å². The van der Waals surface area contributed by atoms with E-state index in [2.05, 4.69) is 15.6 Å². The number of methoxy groups -OCH3 is 1. The number of amides is 1. The van der Waals surface area contributed by atoms with Crippen LogP contribution in [0.25, 0.3) is 11.3 Å². The molecule has 3 aromatic rings. The molecule has 10 nitrogen and oxygen atoms in total. The normalized spacial score (nSPS) is 15.5. The van der Waals surface area contributed by atoms with E-state index in [-0.39, 0.29) is 12.7 Å². The van der Waals surface area contributed by atoms with Crippen molar-refractivity contribution < 1.29 is 28.3 Å². The Morgan fingerprint density at radius 2 is 2.16 bits per heavy atom. The Bertz CT molecular complexity index is 1050. The van der Waals surface area contributed by atoms with Crippen molar-refractivity contribution in [1.29, 1.82) is 0 Å². The van der Waals surface area contributed by atoms with Crippen molar-refractivity contribution in [1.82, 2.24) is 14.9 Å². The molecule has 4 rings (SSSR count). The van der Waals surface area contributed by atoms with Crippen LogP contribution >= 0.6 is 0 Å². The predicted molar refractivity (Wildman–Crippen MR) is 115 cm³/mol. The van der Waals surface area contributed by atoms with Gasteiger partial charge < -0.3 is 23.5 Å². The van der Waals surface area contributed by atoms with E-state index >= 15 is 0 Å². The second-order valence-electron chi connectivity index (χ2n) is 7.37. The first-order valence-corrected chi connectivity index (χ1v) is 10.4. The molecule has 3 heterocycles. The fourth-order valence-electron chi connectivity index (χ4n) is 3.49. The average molecular weight is 442 g/mol. The number of anilines is 1. The number of carbonyl (C=O) groups excluding carboxylic acids is 1. The standard InChI is InChI=1S/C22H26N4O6/c1-14-21(15(2)32-25-14)24-22(27)30-11-9-26-18(6-8-23-26)16-4-5-19(28-3)20(12-16)31-17-7-10-29-13-17/h4-6,8,12,17H,7,9-11,13H2,1-3H3,(H,24,27)/t17-/m1/s1. The minimum absolute atomic E-state index is 0.00803. The first kappa shape index (κ1) is 21.7. The Hall–Kier alpha value is -3.53. The van der Waals surface area contributed by atoms with Gasteiger partial charge in [0, 0.05) is 18.2 Å². The third-order valence-electron chi connectivity index (χ3n) is 5.15. The molecule has 0 radical (unpaired) electrons. The van der Waals surface area contributed by atoms with Gasteiger partial charge in [0.15, 0.2) is 17.3 Å². The number of benzene rings is 1. The maximum atomic E-state index is 12.1. The summed E-state index contributed by atoms with van der Waals surface area (Å²) in [5.41, 5.74) is 2.90. The molecule has 0 bridgehead atoms. The Kier molecular flexibility index (Phi) is 6.60. The number of nitrogens with zero attached hydrogens (tertiary/aromatic N) is 3. The van der Waals surface area contributed by atoms with E-state index in [1.807, 2.05) is 24.3 Å². The van der Waals surface area contributed by atoms with Crippen LogP contribution in [0.3, 0.4) is 0 Å². The molecule has 32 heavy (non-hydrogen) atoms. The van der Waals surface area contributed by atoms with Crippen LogP contribution in [-0.2, 0) is 16.0 Å². The Morgan fingerprint density at radius 3 is 2.88 bits per heavy atom. The Morgan fingerprint density at radius 1 is 1.28 bits per heavy atom. The van der Waals surface area contributed by atoms with E-state index in [0.717, 1.165) is 17.7 Å². The summed E-state index contributed by atoms with van der Waals surface area (Å²) in [5, 5.41) is 10.8. The topological polar surface area (TPSA) is 110 Å². The van der Waals surface area contributed by atoms with Gasteiger partial charge in [-0.25, -0.2) is 4.79 Å². The van der Waals surface area contributed by atoms with Crippen LogP contribution in [0.4, 0.5) is 10.5 Å². The minimum Gasteiger partial charge on any atom is -0.493 e. The summed E-state index contributed by atoms with van der Waals surface area (Å²) in [6.07, 6.45) is 1.98. The third-order valence-corrected chi connectivity index (χ3v) is 5.15. The van der Waals surface area contributed by atoms with Crippen LogP contribution in [0.15, 0.2) is 35.0 Å². The first-order valence-electron chi connectivity index (χ1n) is 10.4. The van der Waals surface area contributed by atoms with Crippen molar-refractivity contribution in [2.45, 2.75) is 32.9 Å². The fourth-order valence-corrected chi connectivity index (χ4v) is 3.49. The molecule has 0 aliphatic carbocycles. The van der Waals surface area contributed by atoms with Crippen LogP contribution in [0.5, 0.6) is 11.5 Å². The molecule has 10 heteroatoms. The summed E-state index contributed by atoms with van der Waals surface area (Å²) in [4.78, 5) is 12.1. The van der Waals surface area contributed by atoms with Crippen LogP contribution in [0.1, 0.15) is 17.9 Å². The maximum absolute atomic E-state index is 12.1. The molecule has 0 unspecified atom stereocenters. The number of carbonyl (C=O) groups is 1. The molecule has 0 saturated carbocycles. The summed E-state index contributed by atoms with van der Waals surface area (Å²) in [5.74, 6) is 1.84. The van der Waals surface area contributed by atoms with Gasteiger partial charge in [0.05, 0.1) is 32.6 Å². The number of hydrogen-bond acceptors (Lipinski definition) is 8. The second-order valence-corrected chi connectivity index (χ2v) is 7.37. The molecule has 1 atom stereocenters. The van der Waals surface area contributed by atoms with Crippen LogP contribution in [-0.4, -0.2) is 54.1 Å². The second kappa shape index (κ2) is 9.73. The molecule has 1 aliphatic rings. The Labute approximate surface area is 185 Å². The summed E-state index contributed by atoms with van der Waals surface area (Å²) >= 11 is 0. The van der Waals surface area contributed by atoms with Gasteiger partial charge in [-0.15, -0.1) is 0 Å². The molecule has 1 fully saturated rings. The van der Waals surface area contributed by atoms with Crippen LogP contribution < -0.4 is 14.8 Å². The maximum Gasteiger partial charge on any atom is 0.411 e. The average Bonchev–Trinajstić information content (AvgIpc) is 3.53. The van der Waals surface area contributed by atoms with E-state index in [1.54, 1.807) is 31.8 Å². The SMILES string of the molecule is COc1ccc(-c2ccnn2CCOC(=O)Nc2c(C)noc2C)cc1O[C@@H]1CCOC1. The quantitative estimate of drug-likeness (QED) is 0.564. The van der Waals surface area contributed by atoms with E-state index in [0.29, 0.717) is 48.4 Å². The minimum atomic E-state index is -0.577. The zero-order valence-corrected chi connectivity index (χ0v) is 18.3. The number of rotatable bonds is 8. The lowest BCUT2D eigenvalue weighted by Crippen LogP contribution is -2.18. The predicted octanol–water partition coefficient (Wildman–Crippen LogP) is 3.58. The highest BCUT2D eigenvalue weighted by Gasteiger charge is 2.20. The van der Waals surface area contributed by atoms with Gasteiger partial charge in [-0.1, -0.05) is 5.16 Å². The van der Waals surface area contributed by atoms with E-state index < -0.39 is 6.09 Å². The smallest absolute Gasteiger partial charge is 0.411 e. The molecule has 170 valence electrons. The van der Waals surface area contributed by atoms with Crippen LogP contribution in [0, 0.1) is 13.8 Å². The lowest BCUT2D eigenvalue weighted by atomic mass is 10.1. The highest BCUT2D eigenvalue weighted by Crippen LogP contribution is 2.34. The first-order chi connectivity index (χ1) is 15.5. The summed E-state index contributed by atoms with van der Waals surface area (Å²) in [6.45, 7) is 5.26. The van der Waals surface area contributed by atoms with Crippen molar-refractivity contribution >= 4 is 11.8 Å². The highest BCUT2D eigenvalue weighted by molar-refractivity contribution is 5.85. The molecule has 1 N–H and O–H groups in total. The van der Waals surface area contributed by atoms with Crippen molar-refractivity contribution in [3.8, 4) is 22.8 Å². The summed E-state index contributed by atoms with van der Waals surface area (Å²) < 4.78 is 29.0. The number of hydrogen-bond donors (Lipinski definition) is 1. The van der Waals surface area contributed by atoms with E-state index in [4.69, 9.17) is 23.5 Å². The summed E-state index contributed by atoms with van der Waals surface area (Å²) in [6, 6.07) is 7.63. The van der Waals surface area contributed by atoms with Gasteiger partial charge in [-0.2, -0.15) is 5.10 Å². The molecule has 1 aromatic carbocycles. The number of ether oxygens (including phenoxy) is 4. The zero-order valence-electron chi connectivity index (χ0n) is 18.3. The lowest BCUT2D eigenvalue weighted by molar-refractivity contribution is 0.138. The fraction of sp³-hybridized carbons (Fsp3) is 0.409. The number of aromatic nitrogens is 3. The molecule has 2 aromatic heterocycles. The van der Waals surface area contributed by atoms with E-state index in [9.17, 15) is 4.79 Å². The molecule has 1 aliphatic heterocycles. The van der Waals surface area contributed by atoms with Gasteiger partial charge >= 0.3 is 6.09 Å². The van der Waals surface area contributed by atoms with Crippen molar-refractivity contribution in [3.63, 3.8) is 0 Å². The van der Waals surface area contributed by atoms with Gasteiger partial charge in [0.1, 0.15) is 24.1 Å². The zero-order chi connectivity index (χ0) is 22.5. The van der Waals surface area contributed by atoms with Gasteiger partial charge in [-0.3, -0.25) is 10.00 Å². The summed E-state index contributed by atoms with van der Waals surface area (Å²) in [7, 11) is 1.61. The number of nitrogens with one attached hydrogen (secondary N) is 1. The van der Waals surface area contributed by atoms with Gasteiger partial charge in [0.2, 0.25) is 0 Å². The molecular formula is C22H26N4O6.